The first-order valence-corrected chi connectivity index (χ1v) is 8.51. The Bertz CT molecular complexity index is 883. The van der Waals surface area contributed by atoms with E-state index in [0.717, 1.165) is 27.1 Å². The van der Waals surface area contributed by atoms with E-state index in [-0.39, 0.29) is 6.03 Å². The highest BCUT2D eigenvalue weighted by Crippen LogP contribution is 2.16. The number of aromatic nitrogens is 1. The molecule has 5 nitrogen and oxygen atoms in total. The van der Waals surface area contributed by atoms with Crippen LogP contribution in [0.3, 0.4) is 0 Å². The number of anilines is 1. The van der Waals surface area contributed by atoms with E-state index in [1.54, 1.807) is 6.21 Å². The van der Waals surface area contributed by atoms with Gasteiger partial charge in [-0.05, 0) is 55.5 Å². The summed E-state index contributed by atoms with van der Waals surface area (Å²) in [6.07, 6.45) is 3.55. The first kappa shape index (κ1) is 17.0. The number of halogens is 1. The second-order valence-corrected chi connectivity index (χ2v) is 6.39. The molecule has 0 atom stereocenters. The van der Waals surface area contributed by atoms with Gasteiger partial charge >= 0.3 is 6.03 Å². The van der Waals surface area contributed by atoms with Gasteiger partial charge in [-0.1, -0.05) is 33.6 Å². The van der Waals surface area contributed by atoms with Gasteiger partial charge in [-0.25, -0.2) is 10.2 Å². The van der Waals surface area contributed by atoms with Crippen molar-refractivity contribution in [2.75, 3.05) is 5.32 Å². The van der Waals surface area contributed by atoms with Crippen LogP contribution in [0, 0.1) is 6.92 Å². The molecule has 1 aromatic heterocycles. The Labute approximate surface area is 154 Å². The molecule has 0 unspecified atom stereocenters. The maximum Gasteiger partial charge on any atom is 0.339 e. The average molecular weight is 397 g/mol. The number of hydrogen-bond donors (Lipinski definition) is 2. The molecule has 2 N–H and O–H groups in total. The number of benzene rings is 2. The lowest BCUT2D eigenvalue weighted by Crippen LogP contribution is -2.24. The van der Waals surface area contributed by atoms with Crippen molar-refractivity contribution < 1.29 is 4.79 Å². The van der Waals surface area contributed by atoms with E-state index in [4.69, 9.17) is 0 Å². The van der Waals surface area contributed by atoms with Gasteiger partial charge in [0.05, 0.1) is 11.9 Å². The Morgan fingerprint density at radius 1 is 1.08 bits per heavy atom. The number of nitrogens with one attached hydrogen (secondary N) is 2. The van der Waals surface area contributed by atoms with Gasteiger partial charge < -0.3 is 9.88 Å². The van der Waals surface area contributed by atoms with Crippen molar-refractivity contribution in [3.63, 3.8) is 0 Å². The number of urea groups is 1. The standard InChI is InChI=1S/C19H17BrN4O/c1-14-4-8-16(9-5-14)22-19(25)23-21-13-18-3-2-12-24(18)17-10-6-15(20)7-11-17/h2-13H,1H3,(H2,22,23,25)/b21-13+. The molecule has 0 bridgehead atoms. The summed E-state index contributed by atoms with van der Waals surface area (Å²) >= 11 is 3.43. The quantitative estimate of drug-likeness (QED) is 0.487. The number of carbonyl (C=O) groups is 1. The van der Waals surface area contributed by atoms with Crippen molar-refractivity contribution in [1.82, 2.24) is 9.99 Å². The van der Waals surface area contributed by atoms with Crippen LogP contribution in [0.4, 0.5) is 10.5 Å². The minimum absolute atomic E-state index is 0.387. The summed E-state index contributed by atoms with van der Waals surface area (Å²) < 4.78 is 3.00. The summed E-state index contributed by atoms with van der Waals surface area (Å²) in [7, 11) is 0. The zero-order chi connectivity index (χ0) is 17.6. The fourth-order valence-electron chi connectivity index (χ4n) is 2.29. The van der Waals surface area contributed by atoms with Crippen molar-refractivity contribution in [3.05, 3.63) is 82.6 Å². The van der Waals surface area contributed by atoms with E-state index in [9.17, 15) is 4.79 Å². The Kier molecular flexibility index (Phi) is 5.30. The SMILES string of the molecule is Cc1ccc(NC(=O)N/N=C/c2cccn2-c2ccc(Br)cc2)cc1. The van der Waals surface area contributed by atoms with E-state index in [0.29, 0.717) is 0 Å². The number of nitrogens with zero attached hydrogens (tertiary/aromatic N) is 2. The maximum atomic E-state index is 11.9. The zero-order valence-corrected chi connectivity index (χ0v) is 15.2. The summed E-state index contributed by atoms with van der Waals surface area (Å²) in [5.74, 6) is 0. The lowest BCUT2D eigenvalue weighted by molar-refractivity contribution is 0.252. The summed E-state index contributed by atoms with van der Waals surface area (Å²) in [4.78, 5) is 11.9. The van der Waals surface area contributed by atoms with Crippen molar-refractivity contribution in [3.8, 4) is 5.69 Å². The Hall–Kier alpha value is -2.86. The summed E-state index contributed by atoms with van der Waals surface area (Å²) in [5, 5.41) is 6.74. The predicted octanol–water partition coefficient (Wildman–Crippen LogP) is 4.70. The predicted molar refractivity (Wildman–Crippen MR) is 104 cm³/mol. The van der Waals surface area contributed by atoms with E-state index >= 15 is 0 Å². The lowest BCUT2D eigenvalue weighted by Gasteiger charge is -2.07. The Balaban J connectivity index is 1.63. The van der Waals surface area contributed by atoms with E-state index < -0.39 is 0 Å². The number of carbonyl (C=O) groups excluding carboxylic acids is 1. The van der Waals surface area contributed by atoms with Gasteiger partial charge in [0.15, 0.2) is 0 Å². The summed E-state index contributed by atoms with van der Waals surface area (Å²) in [6.45, 7) is 1.99. The molecule has 0 spiro atoms. The smallest absolute Gasteiger partial charge is 0.316 e. The molecule has 0 aliphatic heterocycles. The third-order valence-corrected chi connectivity index (χ3v) is 4.09. The van der Waals surface area contributed by atoms with E-state index in [1.807, 2.05) is 78.4 Å². The molecular weight excluding hydrogens is 380 g/mol. The number of amides is 2. The topological polar surface area (TPSA) is 58.4 Å². The second kappa shape index (κ2) is 7.81. The number of aryl methyl sites for hydroxylation is 1. The van der Waals surface area contributed by atoms with Crippen LogP contribution in [0.25, 0.3) is 5.69 Å². The lowest BCUT2D eigenvalue weighted by atomic mass is 10.2. The number of hydrazone groups is 1. The van der Waals surface area contributed by atoms with Crippen LogP contribution in [0.15, 0.2) is 76.4 Å². The first-order chi connectivity index (χ1) is 12.1. The Morgan fingerprint density at radius 3 is 2.52 bits per heavy atom. The number of rotatable bonds is 4. The molecule has 1 heterocycles. The molecule has 0 saturated carbocycles. The highest BCUT2D eigenvalue weighted by Gasteiger charge is 2.02. The van der Waals surface area contributed by atoms with Crippen LogP contribution in [0.1, 0.15) is 11.3 Å². The molecule has 0 aliphatic carbocycles. The van der Waals surface area contributed by atoms with Gasteiger partial charge in [0, 0.05) is 22.0 Å². The highest BCUT2D eigenvalue weighted by atomic mass is 79.9. The van der Waals surface area contributed by atoms with E-state index in [2.05, 4.69) is 31.8 Å². The van der Waals surface area contributed by atoms with Crippen LogP contribution in [0.2, 0.25) is 0 Å². The van der Waals surface area contributed by atoms with Gasteiger partial charge in [-0.15, -0.1) is 0 Å². The molecule has 0 radical (unpaired) electrons. The highest BCUT2D eigenvalue weighted by molar-refractivity contribution is 9.10. The molecular formula is C19H17BrN4O. The van der Waals surface area contributed by atoms with Crippen LogP contribution >= 0.6 is 15.9 Å². The first-order valence-electron chi connectivity index (χ1n) is 7.72. The molecule has 6 heteroatoms. The van der Waals surface area contributed by atoms with Crippen LogP contribution in [-0.2, 0) is 0 Å². The molecule has 0 saturated heterocycles. The van der Waals surface area contributed by atoms with Gasteiger partial charge in [-0.3, -0.25) is 0 Å². The number of hydrogen-bond acceptors (Lipinski definition) is 2. The van der Waals surface area contributed by atoms with Crippen molar-refractivity contribution in [1.29, 1.82) is 0 Å². The molecule has 0 fully saturated rings. The van der Waals surface area contributed by atoms with Crippen LogP contribution in [-0.4, -0.2) is 16.8 Å². The molecule has 0 aliphatic rings. The summed E-state index contributed by atoms with van der Waals surface area (Å²) in [5.41, 5.74) is 6.20. The maximum absolute atomic E-state index is 11.9. The van der Waals surface area contributed by atoms with Gasteiger partial charge in [0.2, 0.25) is 0 Å². The molecule has 3 aromatic rings. The Morgan fingerprint density at radius 2 is 1.80 bits per heavy atom. The molecule has 126 valence electrons. The van der Waals surface area contributed by atoms with Crippen LogP contribution < -0.4 is 10.7 Å². The van der Waals surface area contributed by atoms with Crippen molar-refractivity contribution in [2.24, 2.45) is 5.10 Å². The minimum atomic E-state index is -0.387. The van der Waals surface area contributed by atoms with Gasteiger partial charge in [0.1, 0.15) is 0 Å². The van der Waals surface area contributed by atoms with Crippen molar-refractivity contribution in [2.45, 2.75) is 6.92 Å². The van der Waals surface area contributed by atoms with E-state index in [1.165, 1.54) is 0 Å². The second-order valence-electron chi connectivity index (χ2n) is 5.47. The third kappa shape index (κ3) is 4.58. The normalized spacial score (nSPS) is 10.8. The van der Waals surface area contributed by atoms with Gasteiger partial charge in [0.25, 0.3) is 0 Å². The van der Waals surface area contributed by atoms with Crippen LogP contribution in [0.5, 0.6) is 0 Å². The average Bonchev–Trinajstić information content (AvgIpc) is 3.06. The molecule has 25 heavy (non-hydrogen) atoms. The molecule has 3 rings (SSSR count). The minimum Gasteiger partial charge on any atom is -0.316 e. The largest absolute Gasteiger partial charge is 0.339 e. The van der Waals surface area contributed by atoms with Crippen molar-refractivity contribution >= 4 is 33.9 Å². The summed E-state index contributed by atoms with van der Waals surface area (Å²) in [6, 6.07) is 19.0. The third-order valence-electron chi connectivity index (χ3n) is 3.56. The molecule has 2 aromatic carbocycles. The van der Waals surface area contributed by atoms with Gasteiger partial charge in [-0.2, -0.15) is 5.10 Å². The fourth-order valence-corrected chi connectivity index (χ4v) is 2.55. The monoisotopic (exact) mass is 396 g/mol. The fraction of sp³-hybridized carbons (Fsp3) is 0.0526. The zero-order valence-electron chi connectivity index (χ0n) is 13.6. The molecule has 2 amide bonds.